The van der Waals surface area contributed by atoms with Gasteiger partial charge in [0.05, 0.1) is 20.1 Å². The van der Waals surface area contributed by atoms with Gasteiger partial charge in [0.15, 0.2) is 0 Å². The Bertz CT molecular complexity index is 463. The third-order valence-electron chi connectivity index (χ3n) is 3.04. The molecule has 0 bridgehead atoms. The van der Waals surface area contributed by atoms with Crippen LogP contribution in [-0.2, 0) is 16.0 Å². The molecule has 0 aromatic heterocycles. The monoisotopic (exact) mass is 313 g/mol. The molecule has 0 spiro atoms. The van der Waals surface area contributed by atoms with Crippen molar-refractivity contribution in [2.75, 3.05) is 13.7 Å². The summed E-state index contributed by atoms with van der Waals surface area (Å²) in [5, 5.41) is 0.686. The normalized spacial score (nSPS) is 12.3. The lowest BCUT2D eigenvalue weighted by Crippen LogP contribution is -2.26. The van der Waals surface area contributed by atoms with Crippen LogP contribution in [0.4, 0.5) is 0 Å². The first kappa shape index (κ1) is 17.8. The number of carbonyl (C=O) groups excluding carboxylic acids is 1. The molecule has 1 aromatic rings. The quantitative estimate of drug-likeness (QED) is 0.749. The van der Waals surface area contributed by atoms with Gasteiger partial charge in [0.2, 0.25) is 0 Å². The van der Waals surface area contributed by atoms with Crippen LogP contribution in [0.2, 0.25) is 5.02 Å². The summed E-state index contributed by atoms with van der Waals surface area (Å²) in [6.07, 6.45) is 1.60. The van der Waals surface area contributed by atoms with Crippen molar-refractivity contribution in [3.8, 4) is 5.75 Å². The zero-order valence-corrected chi connectivity index (χ0v) is 13.7. The fourth-order valence-corrected chi connectivity index (χ4v) is 2.06. The molecular weight excluding hydrogens is 290 g/mol. The minimum absolute atomic E-state index is 0.230. The van der Waals surface area contributed by atoms with Crippen molar-refractivity contribution in [3.63, 3.8) is 0 Å². The Hall–Kier alpha value is -1.26. The SMILES string of the molecule is COc1ccc(Cl)c(CC[C@H](N)CC(=O)OCC(C)C)c1. The van der Waals surface area contributed by atoms with Gasteiger partial charge < -0.3 is 15.2 Å². The Morgan fingerprint density at radius 2 is 2.10 bits per heavy atom. The second-order valence-corrected chi connectivity index (χ2v) is 5.94. The van der Waals surface area contributed by atoms with E-state index in [1.807, 2.05) is 26.0 Å². The van der Waals surface area contributed by atoms with Gasteiger partial charge in [-0.2, -0.15) is 0 Å². The van der Waals surface area contributed by atoms with Crippen LogP contribution in [0.15, 0.2) is 18.2 Å². The van der Waals surface area contributed by atoms with E-state index in [0.29, 0.717) is 30.4 Å². The van der Waals surface area contributed by atoms with E-state index >= 15 is 0 Å². The zero-order chi connectivity index (χ0) is 15.8. The lowest BCUT2D eigenvalue weighted by molar-refractivity contribution is -0.145. The molecule has 0 heterocycles. The number of ether oxygens (including phenoxy) is 2. The lowest BCUT2D eigenvalue weighted by Gasteiger charge is -2.13. The van der Waals surface area contributed by atoms with Gasteiger partial charge in [-0.25, -0.2) is 0 Å². The lowest BCUT2D eigenvalue weighted by atomic mass is 10.0. The molecule has 0 aliphatic rings. The highest BCUT2D eigenvalue weighted by molar-refractivity contribution is 6.31. The summed E-state index contributed by atoms with van der Waals surface area (Å²) in [5.74, 6) is 0.855. The average Bonchev–Trinajstić information content (AvgIpc) is 2.44. The van der Waals surface area contributed by atoms with Crippen LogP contribution >= 0.6 is 11.6 Å². The van der Waals surface area contributed by atoms with Gasteiger partial charge in [-0.1, -0.05) is 25.4 Å². The molecule has 4 nitrogen and oxygen atoms in total. The molecule has 1 rings (SSSR count). The molecule has 0 unspecified atom stereocenters. The summed E-state index contributed by atoms with van der Waals surface area (Å²) in [5.41, 5.74) is 6.95. The molecule has 5 heteroatoms. The standard InChI is InChI=1S/C16H24ClNO3/c1-11(2)10-21-16(19)9-13(18)5-4-12-8-14(20-3)6-7-15(12)17/h6-8,11,13H,4-5,9-10,18H2,1-3H3/t13-/m0/s1. The fourth-order valence-electron chi connectivity index (χ4n) is 1.85. The van der Waals surface area contributed by atoms with E-state index in [4.69, 9.17) is 26.8 Å². The van der Waals surface area contributed by atoms with Crippen molar-refractivity contribution in [1.82, 2.24) is 0 Å². The van der Waals surface area contributed by atoms with Crippen LogP contribution in [0.3, 0.4) is 0 Å². The molecule has 1 aromatic carbocycles. The second-order valence-electron chi connectivity index (χ2n) is 5.54. The Morgan fingerprint density at radius 3 is 2.71 bits per heavy atom. The second kappa shape index (κ2) is 8.90. The fraction of sp³-hybridized carbons (Fsp3) is 0.562. The minimum Gasteiger partial charge on any atom is -0.497 e. The molecule has 1 atom stereocenters. The highest BCUT2D eigenvalue weighted by Crippen LogP contribution is 2.23. The maximum Gasteiger partial charge on any atom is 0.307 e. The predicted molar refractivity (Wildman–Crippen MR) is 84.7 cm³/mol. The summed E-state index contributed by atoms with van der Waals surface area (Å²) < 4.78 is 10.3. The molecule has 118 valence electrons. The summed E-state index contributed by atoms with van der Waals surface area (Å²) >= 11 is 6.14. The van der Waals surface area contributed by atoms with Crippen molar-refractivity contribution < 1.29 is 14.3 Å². The van der Waals surface area contributed by atoms with Crippen molar-refractivity contribution >= 4 is 17.6 Å². The maximum atomic E-state index is 11.6. The summed E-state index contributed by atoms with van der Waals surface area (Å²) in [4.78, 5) is 11.6. The number of nitrogens with two attached hydrogens (primary N) is 1. The van der Waals surface area contributed by atoms with Crippen molar-refractivity contribution in [1.29, 1.82) is 0 Å². The smallest absolute Gasteiger partial charge is 0.307 e. The maximum absolute atomic E-state index is 11.6. The summed E-state index contributed by atoms with van der Waals surface area (Å²) in [6.45, 7) is 4.43. The van der Waals surface area contributed by atoms with Gasteiger partial charge >= 0.3 is 5.97 Å². The number of methoxy groups -OCH3 is 1. The van der Waals surface area contributed by atoms with Gasteiger partial charge in [-0.05, 0) is 42.5 Å². The Morgan fingerprint density at radius 1 is 1.38 bits per heavy atom. The predicted octanol–water partition coefficient (Wildman–Crippen LogP) is 3.20. The van der Waals surface area contributed by atoms with Crippen LogP contribution in [0, 0.1) is 5.92 Å². The van der Waals surface area contributed by atoms with E-state index in [1.54, 1.807) is 13.2 Å². The number of aryl methyl sites for hydroxylation is 1. The largest absolute Gasteiger partial charge is 0.497 e. The van der Waals surface area contributed by atoms with E-state index in [2.05, 4.69) is 0 Å². The van der Waals surface area contributed by atoms with Crippen LogP contribution < -0.4 is 10.5 Å². The summed E-state index contributed by atoms with van der Waals surface area (Å²) in [6, 6.07) is 5.28. The average molecular weight is 314 g/mol. The Kier molecular flexibility index (Phi) is 7.54. The van der Waals surface area contributed by atoms with Gasteiger partial charge in [-0.3, -0.25) is 4.79 Å². The highest BCUT2D eigenvalue weighted by Gasteiger charge is 2.12. The van der Waals surface area contributed by atoms with Crippen LogP contribution in [-0.4, -0.2) is 25.7 Å². The van der Waals surface area contributed by atoms with E-state index in [1.165, 1.54) is 0 Å². The van der Waals surface area contributed by atoms with Crippen molar-refractivity contribution in [2.24, 2.45) is 11.7 Å². The third-order valence-corrected chi connectivity index (χ3v) is 3.41. The highest BCUT2D eigenvalue weighted by atomic mass is 35.5. The molecule has 0 saturated carbocycles. The Balaban J connectivity index is 2.42. The van der Waals surface area contributed by atoms with Gasteiger partial charge in [0.25, 0.3) is 0 Å². The van der Waals surface area contributed by atoms with E-state index in [-0.39, 0.29) is 18.4 Å². The first-order valence-corrected chi connectivity index (χ1v) is 7.53. The minimum atomic E-state index is -0.243. The molecule has 0 saturated heterocycles. The zero-order valence-electron chi connectivity index (χ0n) is 12.9. The topological polar surface area (TPSA) is 61.5 Å². The van der Waals surface area contributed by atoms with Gasteiger partial charge in [0.1, 0.15) is 5.75 Å². The molecule has 0 fully saturated rings. The number of benzene rings is 1. The van der Waals surface area contributed by atoms with Gasteiger partial charge in [-0.15, -0.1) is 0 Å². The molecule has 0 aliphatic carbocycles. The molecule has 21 heavy (non-hydrogen) atoms. The number of carbonyl (C=O) groups is 1. The molecular formula is C16H24ClNO3. The first-order valence-electron chi connectivity index (χ1n) is 7.16. The van der Waals surface area contributed by atoms with Crippen LogP contribution in [0.25, 0.3) is 0 Å². The molecule has 2 N–H and O–H groups in total. The van der Waals surface area contributed by atoms with E-state index < -0.39 is 0 Å². The number of halogens is 1. The van der Waals surface area contributed by atoms with Gasteiger partial charge in [0, 0.05) is 11.1 Å². The molecule has 0 amide bonds. The first-order chi connectivity index (χ1) is 9.92. The van der Waals surface area contributed by atoms with Crippen LogP contribution in [0.5, 0.6) is 5.75 Å². The summed E-state index contributed by atoms with van der Waals surface area (Å²) in [7, 11) is 1.61. The number of hydrogen-bond acceptors (Lipinski definition) is 4. The van der Waals surface area contributed by atoms with Crippen molar-refractivity contribution in [3.05, 3.63) is 28.8 Å². The molecule has 0 aliphatic heterocycles. The third kappa shape index (κ3) is 6.82. The van der Waals surface area contributed by atoms with Crippen molar-refractivity contribution in [2.45, 2.75) is 39.2 Å². The Labute approximate surface area is 131 Å². The molecule has 0 radical (unpaired) electrons. The number of rotatable bonds is 8. The number of esters is 1. The van der Waals surface area contributed by atoms with E-state index in [9.17, 15) is 4.79 Å². The van der Waals surface area contributed by atoms with E-state index in [0.717, 1.165) is 11.3 Å². The van der Waals surface area contributed by atoms with Crippen LogP contribution in [0.1, 0.15) is 32.3 Å². The number of hydrogen-bond donors (Lipinski definition) is 1.